The van der Waals surface area contributed by atoms with Crippen LogP contribution in [0, 0.1) is 0 Å². The summed E-state index contributed by atoms with van der Waals surface area (Å²) in [5.74, 6) is -0.933. The average Bonchev–Trinajstić information content (AvgIpc) is 2.23. The predicted octanol–water partition coefficient (Wildman–Crippen LogP) is 4.56. The molecule has 0 aliphatic rings. The molecule has 1 rings (SSSR count). The minimum absolute atomic E-state index is 0.215. The van der Waals surface area contributed by atoms with E-state index in [1.807, 2.05) is 53.7 Å². The lowest BCUT2D eigenvalue weighted by molar-refractivity contribution is 0.0694. The molecule has 0 atom stereocenters. The number of carbonyl (C=O) groups is 1. The molecular weight excluding hydrogens is 240 g/mol. The Morgan fingerprint density at radius 2 is 1.68 bits per heavy atom. The zero-order chi connectivity index (χ0) is 14.8. The van der Waals surface area contributed by atoms with Crippen molar-refractivity contribution in [1.82, 2.24) is 0 Å². The van der Waals surface area contributed by atoms with Gasteiger partial charge in [0.25, 0.3) is 0 Å². The maximum absolute atomic E-state index is 11.3. The number of hydrogen-bond acceptors (Lipinski definition) is 3. The van der Waals surface area contributed by atoms with Gasteiger partial charge in [-0.3, -0.25) is 0 Å². The zero-order valence-corrected chi connectivity index (χ0v) is 12.5. The normalized spacial score (nSPS) is 12.9. The number of carboxylic acid groups (broad SMARTS) is 1. The van der Waals surface area contributed by atoms with Crippen molar-refractivity contribution in [2.45, 2.75) is 52.5 Å². The van der Waals surface area contributed by atoms with Crippen molar-refractivity contribution in [2.24, 2.45) is 10.2 Å². The van der Waals surface area contributed by atoms with E-state index in [1.165, 1.54) is 0 Å². The molecule has 0 radical (unpaired) electrons. The summed E-state index contributed by atoms with van der Waals surface area (Å²) < 4.78 is 0. The Morgan fingerprint density at radius 3 is 2.11 bits per heavy atom. The van der Waals surface area contributed by atoms with E-state index in [0.29, 0.717) is 5.69 Å². The SMILES string of the molecule is CC(C)(C)N=Nc1ccc(C(C)(C)C)c(C(=O)O)c1. The second kappa shape index (κ2) is 5.11. The first-order valence-corrected chi connectivity index (χ1v) is 6.31. The summed E-state index contributed by atoms with van der Waals surface area (Å²) in [5, 5.41) is 17.6. The molecule has 0 fully saturated rings. The first-order valence-electron chi connectivity index (χ1n) is 6.31. The molecule has 0 aliphatic heterocycles. The van der Waals surface area contributed by atoms with Gasteiger partial charge in [-0.25, -0.2) is 4.79 Å². The first-order chi connectivity index (χ1) is 8.50. The highest BCUT2D eigenvalue weighted by Gasteiger charge is 2.21. The molecule has 0 unspecified atom stereocenters. The molecular formula is C15H22N2O2. The largest absolute Gasteiger partial charge is 0.478 e. The van der Waals surface area contributed by atoms with Crippen molar-refractivity contribution in [3.05, 3.63) is 29.3 Å². The number of carboxylic acids is 1. The number of nitrogens with zero attached hydrogens (tertiary/aromatic N) is 2. The molecule has 19 heavy (non-hydrogen) atoms. The van der Waals surface area contributed by atoms with E-state index in [2.05, 4.69) is 10.2 Å². The fourth-order valence-corrected chi connectivity index (χ4v) is 1.63. The lowest BCUT2D eigenvalue weighted by Crippen LogP contribution is -2.16. The summed E-state index contributed by atoms with van der Waals surface area (Å²) in [6.45, 7) is 11.8. The second-order valence-corrected chi connectivity index (χ2v) is 6.66. The molecule has 1 N–H and O–H groups in total. The number of azo groups is 1. The third-order valence-corrected chi connectivity index (χ3v) is 2.51. The van der Waals surface area contributed by atoms with Crippen LogP contribution in [0.25, 0.3) is 0 Å². The minimum Gasteiger partial charge on any atom is -0.478 e. The lowest BCUT2D eigenvalue weighted by atomic mass is 9.83. The number of benzene rings is 1. The van der Waals surface area contributed by atoms with Gasteiger partial charge < -0.3 is 5.11 Å². The molecule has 1 aromatic rings. The van der Waals surface area contributed by atoms with Gasteiger partial charge in [-0.1, -0.05) is 26.8 Å². The maximum Gasteiger partial charge on any atom is 0.336 e. The Balaban J connectivity index is 3.25. The van der Waals surface area contributed by atoms with Crippen LogP contribution in [-0.2, 0) is 5.41 Å². The van der Waals surface area contributed by atoms with E-state index >= 15 is 0 Å². The Labute approximate surface area is 114 Å². The van der Waals surface area contributed by atoms with Gasteiger partial charge in [0.1, 0.15) is 0 Å². The number of rotatable bonds is 2. The van der Waals surface area contributed by atoms with E-state index in [9.17, 15) is 9.90 Å². The molecule has 4 nitrogen and oxygen atoms in total. The third kappa shape index (κ3) is 4.47. The van der Waals surface area contributed by atoms with Gasteiger partial charge in [-0.05, 0) is 43.9 Å². The summed E-state index contributed by atoms with van der Waals surface area (Å²) in [4.78, 5) is 11.3. The highest BCUT2D eigenvalue weighted by Crippen LogP contribution is 2.29. The third-order valence-electron chi connectivity index (χ3n) is 2.51. The first kappa shape index (κ1) is 15.3. The van der Waals surface area contributed by atoms with Gasteiger partial charge in [-0.15, -0.1) is 0 Å². The van der Waals surface area contributed by atoms with E-state index in [-0.39, 0.29) is 16.5 Å². The van der Waals surface area contributed by atoms with Crippen LogP contribution in [0.4, 0.5) is 5.69 Å². The van der Waals surface area contributed by atoms with Crippen molar-refractivity contribution < 1.29 is 9.90 Å². The molecule has 0 spiro atoms. The van der Waals surface area contributed by atoms with Crippen LogP contribution in [0.15, 0.2) is 28.4 Å². The van der Waals surface area contributed by atoms with Crippen molar-refractivity contribution >= 4 is 11.7 Å². The van der Waals surface area contributed by atoms with Gasteiger partial charge in [0.05, 0.1) is 16.8 Å². The predicted molar refractivity (Wildman–Crippen MR) is 76.4 cm³/mol. The van der Waals surface area contributed by atoms with Crippen LogP contribution >= 0.6 is 0 Å². The molecule has 4 heteroatoms. The van der Waals surface area contributed by atoms with Crippen LogP contribution in [0.2, 0.25) is 0 Å². The maximum atomic E-state index is 11.3. The number of hydrogen-bond donors (Lipinski definition) is 1. The van der Waals surface area contributed by atoms with Crippen molar-refractivity contribution in [3.63, 3.8) is 0 Å². The lowest BCUT2D eigenvalue weighted by Gasteiger charge is -2.21. The van der Waals surface area contributed by atoms with Gasteiger partial charge in [0.2, 0.25) is 0 Å². The molecule has 104 valence electrons. The van der Waals surface area contributed by atoms with Crippen molar-refractivity contribution in [2.75, 3.05) is 0 Å². The fourth-order valence-electron chi connectivity index (χ4n) is 1.63. The molecule has 0 aromatic heterocycles. The Bertz CT molecular complexity index is 506. The molecule has 0 saturated carbocycles. The van der Waals surface area contributed by atoms with Crippen molar-refractivity contribution in [3.8, 4) is 0 Å². The van der Waals surface area contributed by atoms with Crippen LogP contribution in [0.5, 0.6) is 0 Å². The van der Waals surface area contributed by atoms with Gasteiger partial charge >= 0.3 is 5.97 Å². The summed E-state index contributed by atoms with van der Waals surface area (Å²) >= 11 is 0. The molecule has 0 amide bonds. The Kier molecular flexibility index (Phi) is 4.13. The fraction of sp³-hybridized carbons (Fsp3) is 0.533. The molecule has 0 aliphatic carbocycles. The second-order valence-electron chi connectivity index (χ2n) is 6.66. The highest BCUT2D eigenvalue weighted by atomic mass is 16.4. The van der Waals surface area contributed by atoms with E-state index in [0.717, 1.165) is 5.56 Å². The van der Waals surface area contributed by atoms with E-state index < -0.39 is 5.97 Å². The zero-order valence-electron chi connectivity index (χ0n) is 12.5. The van der Waals surface area contributed by atoms with Crippen molar-refractivity contribution in [1.29, 1.82) is 0 Å². The Hall–Kier alpha value is -1.71. The summed E-state index contributed by atoms with van der Waals surface area (Å²) in [6.07, 6.45) is 0. The summed E-state index contributed by atoms with van der Waals surface area (Å²) in [7, 11) is 0. The average molecular weight is 262 g/mol. The molecule has 0 saturated heterocycles. The van der Waals surface area contributed by atoms with Crippen LogP contribution in [0.3, 0.4) is 0 Å². The standard InChI is InChI=1S/C15H22N2O2/c1-14(2,3)12-8-7-10(9-11(12)13(18)19)16-17-15(4,5)6/h7-9H,1-6H3,(H,18,19). The van der Waals surface area contributed by atoms with Gasteiger partial charge in [0, 0.05) is 0 Å². The summed E-state index contributed by atoms with van der Waals surface area (Å²) in [5.41, 5.74) is 1.17. The summed E-state index contributed by atoms with van der Waals surface area (Å²) in [6, 6.07) is 5.21. The molecule has 1 aromatic carbocycles. The smallest absolute Gasteiger partial charge is 0.336 e. The quantitative estimate of drug-likeness (QED) is 0.794. The number of aromatic carboxylic acids is 1. The van der Waals surface area contributed by atoms with Crippen LogP contribution in [-0.4, -0.2) is 16.6 Å². The van der Waals surface area contributed by atoms with Crippen LogP contribution in [0.1, 0.15) is 57.5 Å². The molecule has 0 heterocycles. The molecule has 0 bridgehead atoms. The highest BCUT2D eigenvalue weighted by molar-refractivity contribution is 5.90. The van der Waals surface area contributed by atoms with Crippen LogP contribution < -0.4 is 0 Å². The van der Waals surface area contributed by atoms with E-state index in [4.69, 9.17) is 0 Å². The topological polar surface area (TPSA) is 62.0 Å². The monoisotopic (exact) mass is 262 g/mol. The van der Waals surface area contributed by atoms with Gasteiger partial charge in [-0.2, -0.15) is 10.2 Å². The Morgan fingerprint density at radius 1 is 1.11 bits per heavy atom. The minimum atomic E-state index is -0.933. The van der Waals surface area contributed by atoms with E-state index in [1.54, 1.807) is 6.07 Å². The van der Waals surface area contributed by atoms with Gasteiger partial charge in [0.15, 0.2) is 0 Å².